The summed E-state index contributed by atoms with van der Waals surface area (Å²) in [6.07, 6.45) is 9.29. The van der Waals surface area contributed by atoms with Gasteiger partial charge >= 0.3 is 0 Å². The molecule has 2 aromatic heterocycles. The van der Waals surface area contributed by atoms with Gasteiger partial charge in [-0.05, 0) is 56.0 Å². The number of thiophene rings is 2. The zero-order valence-electron chi connectivity index (χ0n) is 25.3. The molecule has 0 aliphatic carbocycles. The molecule has 0 aliphatic rings. The van der Waals surface area contributed by atoms with Crippen LogP contribution in [0.4, 0.5) is 0 Å². The number of rotatable bonds is 26. The second-order valence-corrected chi connectivity index (χ2v) is 13.5. The highest BCUT2D eigenvalue weighted by Gasteiger charge is 2.17. The van der Waals surface area contributed by atoms with E-state index < -0.39 is 0 Å². The fourth-order valence-electron chi connectivity index (χ4n) is 4.27. The summed E-state index contributed by atoms with van der Waals surface area (Å²) < 4.78 is 34.6. The molecule has 0 bridgehead atoms. The molecule has 3 aromatic rings. The highest BCUT2D eigenvalue weighted by molar-refractivity contribution is 9.09. The molecule has 0 spiro atoms. The first-order valence-corrected chi connectivity index (χ1v) is 19.2. The van der Waals surface area contributed by atoms with Crippen molar-refractivity contribution in [1.29, 1.82) is 0 Å². The molecular weight excluding hydrogens is 716 g/mol. The molecule has 3 rings (SSSR count). The van der Waals surface area contributed by atoms with Crippen molar-refractivity contribution < 1.29 is 28.4 Å². The van der Waals surface area contributed by atoms with Crippen molar-refractivity contribution in [2.24, 2.45) is 0 Å². The zero-order chi connectivity index (χ0) is 30.4. The Kier molecular flexibility index (Phi) is 19.6. The van der Waals surface area contributed by atoms with Crippen LogP contribution >= 0.6 is 54.5 Å². The van der Waals surface area contributed by atoms with Gasteiger partial charge in [-0.2, -0.15) is 0 Å². The summed E-state index contributed by atoms with van der Waals surface area (Å²) in [4.78, 5) is 3.53. The molecule has 6 nitrogen and oxygen atoms in total. The van der Waals surface area contributed by atoms with Gasteiger partial charge in [0.05, 0.1) is 51.8 Å². The van der Waals surface area contributed by atoms with Crippen LogP contribution in [0.25, 0.3) is 20.2 Å². The van der Waals surface area contributed by atoms with Crippen LogP contribution in [-0.4, -0.2) is 70.6 Å². The Morgan fingerprint density at radius 1 is 0.581 bits per heavy atom. The number of hydrogen-bond donors (Lipinski definition) is 0. The first-order valence-electron chi connectivity index (χ1n) is 15.2. The minimum atomic E-state index is 0.502. The van der Waals surface area contributed by atoms with Crippen molar-refractivity contribution in [1.82, 2.24) is 0 Å². The third-order valence-electron chi connectivity index (χ3n) is 6.53. The first-order chi connectivity index (χ1) is 21.3. The van der Waals surface area contributed by atoms with Crippen LogP contribution < -0.4 is 14.2 Å². The number of ether oxygens (including phenoxy) is 6. The van der Waals surface area contributed by atoms with E-state index in [0.29, 0.717) is 52.9 Å². The van der Waals surface area contributed by atoms with E-state index in [-0.39, 0.29) is 0 Å². The predicted octanol–water partition coefficient (Wildman–Crippen LogP) is 9.87. The van der Waals surface area contributed by atoms with Crippen molar-refractivity contribution in [2.45, 2.75) is 51.4 Å². The molecule has 10 heteroatoms. The Labute approximate surface area is 282 Å². The Bertz CT molecular complexity index is 1090. The molecule has 0 saturated heterocycles. The lowest BCUT2D eigenvalue weighted by Crippen LogP contribution is -2.12. The third-order valence-corrected chi connectivity index (χ3v) is 9.86. The lowest BCUT2D eigenvalue weighted by atomic mass is 10.1. The number of methoxy groups -OCH3 is 1. The van der Waals surface area contributed by atoms with E-state index in [4.69, 9.17) is 28.4 Å². The SMILES string of the molecule is COCCOCCOCCOc1csc(-c2ccc(-c3c(OCCCCCCBr)cccc3OCCCCCCBr)s2)c1. The van der Waals surface area contributed by atoms with Crippen LogP contribution in [-0.2, 0) is 14.2 Å². The molecule has 0 aliphatic heterocycles. The molecule has 240 valence electrons. The van der Waals surface area contributed by atoms with Gasteiger partial charge in [0, 0.05) is 37.8 Å². The van der Waals surface area contributed by atoms with Crippen molar-refractivity contribution >= 4 is 54.5 Å². The smallest absolute Gasteiger partial charge is 0.131 e. The number of halogens is 2. The van der Waals surface area contributed by atoms with Gasteiger partial charge in [-0.15, -0.1) is 22.7 Å². The number of hydrogen-bond acceptors (Lipinski definition) is 8. The molecule has 0 saturated carbocycles. The van der Waals surface area contributed by atoms with Gasteiger partial charge in [-0.3, -0.25) is 0 Å². The lowest BCUT2D eigenvalue weighted by Gasteiger charge is -2.16. The summed E-state index contributed by atoms with van der Waals surface area (Å²) in [5.74, 6) is 2.65. The van der Waals surface area contributed by atoms with Crippen LogP contribution in [0.1, 0.15) is 51.4 Å². The number of alkyl halides is 2. The first kappa shape index (κ1) is 36.3. The van der Waals surface area contributed by atoms with Crippen molar-refractivity contribution in [3.05, 3.63) is 41.8 Å². The summed E-state index contributed by atoms with van der Waals surface area (Å²) in [6.45, 7) is 4.73. The molecule has 0 atom stereocenters. The summed E-state index contributed by atoms with van der Waals surface area (Å²) in [5.41, 5.74) is 1.05. The maximum atomic E-state index is 6.35. The topological polar surface area (TPSA) is 55.4 Å². The molecule has 0 unspecified atom stereocenters. The van der Waals surface area contributed by atoms with Gasteiger partial charge in [-0.25, -0.2) is 0 Å². The molecule has 0 N–H and O–H groups in total. The van der Waals surface area contributed by atoms with Gasteiger partial charge in [0.15, 0.2) is 0 Å². The van der Waals surface area contributed by atoms with Crippen LogP contribution in [0.3, 0.4) is 0 Å². The zero-order valence-corrected chi connectivity index (χ0v) is 30.1. The summed E-state index contributed by atoms with van der Waals surface area (Å²) >= 11 is 10.5. The van der Waals surface area contributed by atoms with E-state index in [9.17, 15) is 0 Å². The second kappa shape index (κ2) is 23.2. The Balaban J connectivity index is 1.60. The Hall–Kier alpha value is -1.14. The largest absolute Gasteiger partial charge is 0.493 e. The number of benzene rings is 1. The van der Waals surface area contributed by atoms with E-state index in [1.54, 1.807) is 29.8 Å². The molecule has 0 radical (unpaired) electrons. The van der Waals surface area contributed by atoms with E-state index in [0.717, 1.165) is 51.2 Å². The fraction of sp³-hybridized carbons (Fsp3) is 0.576. The van der Waals surface area contributed by atoms with Crippen LogP contribution in [0, 0.1) is 0 Å². The minimum Gasteiger partial charge on any atom is -0.493 e. The van der Waals surface area contributed by atoms with Gasteiger partial charge in [0.25, 0.3) is 0 Å². The second-order valence-electron chi connectivity index (χ2n) is 9.91. The summed E-state index contributed by atoms with van der Waals surface area (Å²) in [7, 11) is 1.66. The minimum absolute atomic E-state index is 0.502. The normalized spacial score (nSPS) is 11.2. The summed E-state index contributed by atoms with van der Waals surface area (Å²) in [6, 6.07) is 12.7. The Morgan fingerprint density at radius 2 is 1.16 bits per heavy atom. The van der Waals surface area contributed by atoms with Crippen molar-refractivity contribution in [3.8, 4) is 37.4 Å². The maximum Gasteiger partial charge on any atom is 0.131 e. The standard InChI is InChI=1S/C33H46Br2O6S2/c1-36-19-20-37-21-22-38-23-24-39-27-25-32(42-26-27)30-13-14-31(43-30)33-28(40-17-8-4-2-6-15-34)11-10-12-29(33)41-18-9-5-3-7-16-35/h10-14,25-26H,2-9,15-24H2,1H3. The van der Waals surface area contributed by atoms with Gasteiger partial charge in [-0.1, -0.05) is 63.6 Å². The molecule has 0 amide bonds. The fourth-order valence-corrected chi connectivity index (χ4v) is 7.05. The molecular formula is C33H46Br2O6S2. The predicted molar refractivity (Wildman–Crippen MR) is 188 cm³/mol. The third kappa shape index (κ3) is 14.2. The van der Waals surface area contributed by atoms with Gasteiger partial charge in [0.1, 0.15) is 23.9 Å². The van der Waals surface area contributed by atoms with Crippen molar-refractivity contribution in [3.63, 3.8) is 0 Å². The van der Waals surface area contributed by atoms with E-state index >= 15 is 0 Å². The van der Waals surface area contributed by atoms with E-state index in [1.807, 2.05) is 6.07 Å². The van der Waals surface area contributed by atoms with Gasteiger partial charge < -0.3 is 28.4 Å². The molecule has 2 heterocycles. The van der Waals surface area contributed by atoms with Crippen LogP contribution in [0.15, 0.2) is 41.8 Å². The van der Waals surface area contributed by atoms with E-state index in [1.165, 1.54) is 48.3 Å². The summed E-state index contributed by atoms with van der Waals surface area (Å²) in [5, 5.41) is 4.18. The lowest BCUT2D eigenvalue weighted by molar-refractivity contribution is 0.0180. The average Bonchev–Trinajstić information content (AvgIpc) is 3.70. The number of unbranched alkanes of at least 4 members (excludes halogenated alkanes) is 6. The monoisotopic (exact) mass is 760 g/mol. The maximum absolute atomic E-state index is 6.35. The van der Waals surface area contributed by atoms with Crippen LogP contribution in [0.2, 0.25) is 0 Å². The molecule has 0 fully saturated rings. The highest BCUT2D eigenvalue weighted by Crippen LogP contribution is 2.45. The quantitative estimate of drug-likeness (QED) is 0.0600. The van der Waals surface area contributed by atoms with E-state index in [2.05, 4.69) is 67.6 Å². The van der Waals surface area contributed by atoms with Crippen molar-refractivity contribution in [2.75, 3.05) is 70.6 Å². The Morgan fingerprint density at radius 3 is 1.79 bits per heavy atom. The highest BCUT2D eigenvalue weighted by atomic mass is 79.9. The van der Waals surface area contributed by atoms with Gasteiger partial charge in [0.2, 0.25) is 0 Å². The average molecular weight is 763 g/mol. The molecule has 1 aromatic carbocycles. The van der Waals surface area contributed by atoms with Crippen LogP contribution in [0.5, 0.6) is 17.2 Å². The molecule has 43 heavy (non-hydrogen) atoms.